The molecule has 2 unspecified atom stereocenters. The molecule has 1 amide bonds. The molecule has 1 aliphatic rings. The number of likely N-dealkylation sites (tertiary alicyclic amines) is 1. The maximum atomic E-state index is 12.1. The number of nitrogens with zero attached hydrogens (tertiary/aromatic N) is 1. The fourth-order valence-electron chi connectivity index (χ4n) is 2.96. The van der Waals surface area contributed by atoms with E-state index in [1.807, 2.05) is 20.0 Å². The second kappa shape index (κ2) is 8.15. The first-order valence-electron chi connectivity index (χ1n) is 7.93. The molecule has 0 aromatic heterocycles. The number of hydrogen-bond acceptors (Lipinski definition) is 3. The normalized spacial score (nSPS) is 18.4. The van der Waals surface area contributed by atoms with Gasteiger partial charge in [0.15, 0.2) is 0 Å². The van der Waals surface area contributed by atoms with Gasteiger partial charge in [0.1, 0.15) is 0 Å². The Kier molecular flexibility index (Phi) is 6.21. The van der Waals surface area contributed by atoms with Crippen LogP contribution in [0.4, 0.5) is 0 Å². The quantitative estimate of drug-likeness (QED) is 0.804. The number of nitrogens with one attached hydrogen (secondary N) is 2. The highest BCUT2D eigenvalue weighted by Gasteiger charge is 2.24. The monoisotopic (exact) mass is 289 g/mol. The van der Waals surface area contributed by atoms with E-state index < -0.39 is 0 Å². The predicted octanol–water partition coefficient (Wildman–Crippen LogP) is 1.80. The summed E-state index contributed by atoms with van der Waals surface area (Å²) in [6.45, 7) is 5.62. The molecule has 1 heterocycles. The van der Waals surface area contributed by atoms with Gasteiger partial charge in [0.05, 0.1) is 6.04 Å². The largest absolute Gasteiger partial charge is 0.354 e. The van der Waals surface area contributed by atoms with E-state index >= 15 is 0 Å². The summed E-state index contributed by atoms with van der Waals surface area (Å²) < 4.78 is 0. The van der Waals surface area contributed by atoms with Gasteiger partial charge in [0, 0.05) is 19.0 Å². The molecule has 4 nitrogen and oxygen atoms in total. The van der Waals surface area contributed by atoms with Gasteiger partial charge in [-0.05, 0) is 38.5 Å². The highest BCUT2D eigenvalue weighted by atomic mass is 16.1. The van der Waals surface area contributed by atoms with Crippen LogP contribution in [0.15, 0.2) is 30.3 Å². The van der Waals surface area contributed by atoms with E-state index in [-0.39, 0.29) is 11.8 Å². The number of benzene rings is 1. The number of hydrogen-bond donors (Lipinski definition) is 2. The summed E-state index contributed by atoms with van der Waals surface area (Å²) in [4.78, 5) is 14.6. The molecule has 2 atom stereocenters. The van der Waals surface area contributed by atoms with Crippen LogP contribution in [0, 0.1) is 5.92 Å². The summed E-state index contributed by atoms with van der Waals surface area (Å²) in [5, 5.41) is 6.17. The van der Waals surface area contributed by atoms with Crippen LogP contribution in [0.1, 0.15) is 31.4 Å². The Bertz CT molecular complexity index is 429. The molecule has 1 fully saturated rings. The van der Waals surface area contributed by atoms with Crippen LogP contribution in [0.5, 0.6) is 0 Å². The van der Waals surface area contributed by atoms with Crippen LogP contribution in [-0.2, 0) is 4.79 Å². The molecule has 0 radical (unpaired) electrons. The van der Waals surface area contributed by atoms with Gasteiger partial charge in [0.25, 0.3) is 0 Å². The Morgan fingerprint density at radius 3 is 2.48 bits per heavy atom. The zero-order valence-corrected chi connectivity index (χ0v) is 13.1. The molecule has 1 aromatic carbocycles. The highest BCUT2D eigenvalue weighted by molar-refractivity contribution is 5.78. The third kappa shape index (κ3) is 4.55. The molecule has 2 rings (SSSR count). The van der Waals surface area contributed by atoms with Crippen molar-refractivity contribution in [2.45, 2.75) is 25.8 Å². The van der Waals surface area contributed by atoms with E-state index in [1.165, 1.54) is 18.4 Å². The Morgan fingerprint density at radius 1 is 1.19 bits per heavy atom. The Hall–Kier alpha value is -1.39. The first-order valence-corrected chi connectivity index (χ1v) is 7.93. The molecule has 2 N–H and O–H groups in total. The molecule has 1 aliphatic heterocycles. The van der Waals surface area contributed by atoms with E-state index in [4.69, 9.17) is 0 Å². The Balaban J connectivity index is 1.98. The molecular weight excluding hydrogens is 262 g/mol. The SMILES string of the molecule is CNCC(C)C(=O)NCC(c1ccccc1)N1CCCC1. The van der Waals surface area contributed by atoms with Gasteiger partial charge in [-0.1, -0.05) is 37.3 Å². The molecule has 116 valence electrons. The van der Waals surface area contributed by atoms with Crippen LogP contribution in [0.2, 0.25) is 0 Å². The summed E-state index contributed by atoms with van der Waals surface area (Å²) in [5.74, 6) is 0.134. The minimum absolute atomic E-state index is 0.00463. The van der Waals surface area contributed by atoms with Gasteiger partial charge in [-0.2, -0.15) is 0 Å². The van der Waals surface area contributed by atoms with E-state index in [0.29, 0.717) is 19.1 Å². The maximum absolute atomic E-state index is 12.1. The zero-order chi connectivity index (χ0) is 15.1. The molecule has 0 aliphatic carbocycles. The second-order valence-electron chi connectivity index (χ2n) is 5.87. The fourth-order valence-corrected chi connectivity index (χ4v) is 2.96. The second-order valence-corrected chi connectivity index (χ2v) is 5.87. The van der Waals surface area contributed by atoms with E-state index in [1.54, 1.807) is 0 Å². The molecule has 0 saturated carbocycles. The topological polar surface area (TPSA) is 44.4 Å². The minimum atomic E-state index is 0.00463. The third-order valence-electron chi connectivity index (χ3n) is 4.19. The lowest BCUT2D eigenvalue weighted by Crippen LogP contribution is -2.40. The summed E-state index contributed by atoms with van der Waals surface area (Å²) >= 11 is 0. The fraction of sp³-hybridized carbons (Fsp3) is 0.588. The average Bonchev–Trinajstić information content (AvgIpc) is 3.03. The molecule has 21 heavy (non-hydrogen) atoms. The summed E-state index contributed by atoms with van der Waals surface area (Å²) in [6.07, 6.45) is 2.51. The maximum Gasteiger partial charge on any atom is 0.224 e. The van der Waals surface area contributed by atoms with Crippen molar-refractivity contribution in [1.82, 2.24) is 15.5 Å². The van der Waals surface area contributed by atoms with Crippen molar-refractivity contribution >= 4 is 5.91 Å². The first-order chi connectivity index (χ1) is 10.2. The van der Waals surface area contributed by atoms with E-state index in [0.717, 1.165) is 13.1 Å². The molecule has 4 heteroatoms. The van der Waals surface area contributed by atoms with E-state index in [9.17, 15) is 4.79 Å². The van der Waals surface area contributed by atoms with Gasteiger partial charge in [-0.25, -0.2) is 0 Å². The Labute approximate surface area is 127 Å². The number of carbonyl (C=O) groups is 1. The van der Waals surface area contributed by atoms with Crippen molar-refractivity contribution in [3.8, 4) is 0 Å². The summed E-state index contributed by atoms with van der Waals surface area (Å²) in [5.41, 5.74) is 1.29. The molecule has 0 spiro atoms. The standard InChI is InChI=1S/C17H27N3O/c1-14(12-18-2)17(21)19-13-16(20-10-6-7-11-20)15-8-4-3-5-9-15/h3-5,8-9,14,16,18H,6-7,10-13H2,1-2H3,(H,19,21). The Morgan fingerprint density at radius 2 is 1.86 bits per heavy atom. The summed E-state index contributed by atoms with van der Waals surface area (Å²) in [7, 11) is 1.88. The molecule has 1 saturated heterocycles. The average molecular weight is 289 g/mol. The smallest absolute Gasteiger partial charge is 0.224 e. The number of carbonyl (C=O) groups excluding carboxylic acids is 1. The first kappa shape index (κ1) is 16.0. The number of rotatable bonds is 7. The molecule has 1 aromatic rings. The van der Waals surface area contributed by atoms with Crippen molar-refractivity contribution in [2.24, 2.45) is 5.92 Å². The number of amides is 1. The van der Waals surface area contributed by atoms with Gasteiger partial charge in [0.2, 0.25) is 5.91 Å². The van der Waals surface area contributed by atoms with Crippen LogP contribution in [-0.4, -0.2) is 44.0 Å². The van der Waals surface area contributed by atoms with Crippen molar-refractivity contribution in [3.05, 3.63) is 35.9 Å². The lowest BCUT2D eigenvalue weighted by Gasteiger charge is -2.28. The summed E-state index contributed by atoms with van der Waals surface area (Å²) in [6, 6.07) is 10.8. The third-order valence-corrected chi connectivity index (χ3v) is 4.19. The highest BCUT2D eigenvalue weighted by Crippen LogP contribution is 2.24. The zero-order valence-electron chi connectivity index (χ0n) is 13.1. The van der Waals surface area contributed by atoms with Crippen molar-refractivity contribution < 1.29 is 4.79 Å². The van der Waals surface area contributed by atoms with Gasteiger partial charge in [-0.15, -0.1) is 0 Å². The van der Waals surface area contributed by atoms with Crippen molar-refractivity contribution in [3.63, 3.8) is 0 Å². The molecular formula is C17H27N3O. The lowest BCUT2D eigenvalue weighted by atomic mass is 10.0. The van der Waals surface area contributed by atoms with Crippen molar-refractivity contribution in [1.29, 1.82) is 0 Å². The van der Waals surface area contributed by atoms with Crippen LogP contribution < -0.4 is 10.6 Å². The van der Waals surface area contributed by atoms with Gasteiger partial charge >= 0.3 is 0 Å². The van der Waals surface area contributed by atoms with Crippen molar-refractivity contribution in [2.75, 3.05) is 33.2 Å². The van der Waals surface area contributed by atoms with E-state index in [2.05, 4.69) is 39.8 Å². The lowest BCUT2D eigenvalue weighted by molar-refractivity contribution is -0.124. The van der Waals surface area contributed by atoms with Gasteiger partial charge < -0.3 is 10.6 Å². The molecule has 0 bridgehead atoms. The van der Waals surface area contributed by atoms with Gasteiger partial charge in [-0.3, -0.25) is 9.69 Å². The van der Waals surface area contributed by atoms with Crippen LogP contribution in [0.3, 0.4) is 0 Å². The van der Waals surface area contributed by atoms with Crippen LogP contribution in [0.25, 0.3) is 0 Å². The minimum Gasteiger partial charge on any atom is -0.354 e. The van der Waals surface area contributed by atoms with Crippen LogP contribution >= 0.6 is 0 Å². The predicted molar refractivity (Wildman–Crippen MR) is 86.1 cm³/mol.